The topological polar surface area (TPSA) is 51.8 Å². The molecule has 0 aliphatic rings. The predicted molar refractivity (Wildman–Crippen MR) is 72.0 cm³/mol. The van der Waals surface area contributed by atoms with E-state index >= 15 is 0 Å². The highest BCUT2D eigenvalue weighted by Crippen LogP contribution is 2.30. The molecule has 17 heavy (non-hydrogen) atoms. The van der Waals surface area contributed by atoms with Gasteiger partial charge in [0.05, 0.1) is 6.04 Å². The molecule has 0 saturated heterocycles. The SMILES string of the molecule is CCC(N)c1nnc(-c2cccc(C)c2C)s1. The Balaban J connectivity index is 2.40. The van der Waals surface area contributed by atoms with Gasteiger partial charge in [-0.25, -0.2) is 0 Å². The largest absolute Gasteiger partial charge is 0.322 e. The summed E-state index contributed by atoms with van der Waals surface area (Å²) < 4.78 is 0. The second-order valence-electron chi connectivity index (χ2n) is 4.21. The Morgan fingerprint density at radius 3 is 2.76 bits per heavy atom. The fourth-order valence-corrected chi connectivity index (χ4v) is 2.66. The number of nitrogens with two attached hydrogens (primary N) is 1. The van der Waals surface area contributed by atoms with Crippen molar-refractivity contribution in [1.29, 1.82) is 0 Å². The van der Waals surface area contributed by atoms with Crippen LogP contribution >= 0.6 is 11.3 Å². The molecular weight excluding hydrogens is 230 g/mol. The van der Waals surface area contributed by atoms with Crippen molar-refractivity contribution in [1.82, 2.24) is 10.2 Å². The molecule has 90 valence electrons. The zero-order valence-electron chi connectivity index (χ0n) is 10.4. The average Bonchev–Trinajstić information content (AvgIpc) is 2.81. The van der Waals surface area contributed by atoms with E-state index in [0.717, 1.165) is 22.0 Å². The van der Waals surface area contributed by atoms with Crippen molar-refractivity contribution in [3.05, 3.63) is 34.3 Å². The maximum Gasteiger partial charge on any atom is 0.148 e. The number of hydrogen-bond donors (Lipinski definition) is 1. The zero-order chi connectivity index (χ0) is 12.4. The molecule has 1 aromatic heterocycles. The van der Waals surface area contributed by atoms with Crippen molar-refractivity contribution in [3.8, 4) is 10.6 Å². The molecule has 0 spiro atoms. The summed E-state index contributed by atoms with van der Waals surface area (Å²) in [5.74, 6) is 0. The second kappa shape index (κ2) is 4.94. The Morgan fingerprint density at radius 1 is 1.29 bits per heavy atom. The molecule has 1 atom stereocenters. The van der Waals surface area contributed by atoms with Crippen LogP contribution < -0.4 is 5.73 Å². The number of rotatable bonds is 3. The summed E-state index contributed by atoms with van der Waals surface area (Å²) in [6.45, 7) is 6.29. The van der Waals surface area contributed by atoms with Crippen molar-refractivity contribution in [2.24, 2.45) is 5.73 Å². The molecule has 0 aliphatic heterocycles. The smallest absolute Gasteiger partial charge is 0.148 e. The summed E-state index contributed by atoms with van der Waals surface area (Å²) in [7, 11) is 0. The van der Waals surface area contributed by atoms with E-state index in [1.165, 1.54) is 11.1 Å². The molecular formula is C13H17N3S. The van der Waals surface area contributed by atoms with E-state index < -0.39 is 0 Å². The van der Waals surface area contributed by atoms with Gasteiger partial charge in [-0.1, -0.05) is 36.5 Å². The Kier molecular flexibility index (Phi) is 3.54. The Labute approximate surface area is 106 Å². The van der Waals surface area contributed by atoms with Crippen LogP contribution in [0.3, 0.4) is 0 Å². The summed E-state index contributed by atoms with van der Waals surface area (Å²) in [6.07, 6.45) is 0.890. The molecule has 0 radical (unpaired) electrons. The van der Waals surface area contributed by atoms with E-state index in [4.69, 9.17) is 5.73 Å². The molecule has 0 fully saturated rings. The summed E-state index contributed by atoms with van der Waals surface area (Å²) in [5.41, 5.74) is 9.67. The molecule has 1 heterocycles. The van der Waals surface area contributed by atoms with Crippen LogP contribution in [0.15, 0.2) is 18.2 Å². The first-order valence-corrected chi connectivity index (χ1v) is 6.60. The second-order valence-corrected chi connectivity index (χ2v) is 5.22. The van der Waals surface area contributed by atoms with E-state index in [1.54, 1.807) is 11.3 Å². The number of benzene rings is 1. The molecule has 2 N–H and O–H groups in total. The van der Waals surface area contributed by atoms with Crippen LogP contribution in [0.4, 0.5) is 0 Å². The van der Waals surface area contributed by atoms with Crippen molar-refractivity contribution in [3.63, 3.8) is 0 Å². The third-order valence-electron chi connectivity index (χ3n) is 3.03. The molecule has 1 aromatic carbocycles. The number of hydrogen-bond acceptors (Lipinski definition) is 4. The molecule has 0 bridgehead atoms. The minimum Gasteiger partial charge on any atom is -0.322 e. The number of nitrogens with zero attached hydrogens (tertiary/aromatic N) is 2. The van der Waals surface area contributed by atoms with Gasteiger partial charge in [0, 0.05) is 5.56 Å². The standard InChI is InChI=1S/C13H17N3S/c1-4-11(14)13-16-15-12(17-13)10-7-5-6-8(2)9(10)3/h5-7,11H,4,14H2,1-3H3. The normalized spacial score (nSPS) is 12.7. The summed E-state index contributed by atoms with van der Waals surface area (Å²) in [6, 6.07) is 6.26. The summed E-state index contributed by atoms with van der Waals surface area (Å²) in [4.78, 5) is 0. The zero-order valence-corrected chi connectivity index (χ0v) is 11.2. The lowest BCUT2D eigenvalue weighted by Crippen LogP contribution is -2.07. The van der Waals surface area contributed by atoms with E-state index in [0.29, 0.717) is 0 Å². The van der Waals surface area contributed by atoms with Gasteiger partial charge in [0.15, 0.2) is 0 Å². The Bertz CT molecular complexity index is 519. The third kappa shape index (κ3) is 2.37. The highest BCUT2D eigenvalue weighted by Gasteiger charge is 2.13. The minimum atomic E-state index is 0.00589. The maximum absolute atomic E-state index is 5.96. The van der Waals surface area contributed by atoms with Crippen LogP contribution in [0.5, 0.6) is 0 Å². The summed E-state index contributed by atoms with van der Waals surface area (Å²) in [5, 5.41) is 10.3. The molecule has 0 amide bonds. The molecule has 0 saturated carbocycles. The molecule has 0 aliphatic carbocycles. The van der Waals surface area contributed by atoms with Crippen LogP contribution in [0.1, 0.15) is 35.5 Å². The third-order valence-corrected chi connectivity index (χ3v) is 4.12. The van der Waals surface area contributed by atoms with Gasteiger partial charge >= 0.3 is 0 Å². The molecule has 4 heteroatoms. The van der Waals surface area contributed by atoms with E-state index in [2.05, 4.69) is 49.2 Å². The van der Waals surface area contributed by atoms with Gasteiger partial charge in [0.1, 0.15) is 10.0 Å². The van der Waals surface area contributed by atoms with Crippen LogP contribution in [0, 0.1) is 13.8 Å². The van der Waals surface area contributed by atoms with Gasteiger partial charge in [-0.2, -0.15) is 0 Å². The fourth-order valence-electron chi connectivity index (χ4n) is 1.65. The quantitative estimate of drug-likeness (QED) is 0.906. The van der Waals surface area contributed by atoms with Gasteiger partial charge in [-0.05, 0) is 31.4 Å². The maximum atomic E-state index is 5.96. The first-order valence-electron chi connectivity index (χ1n) is 5.79. The molecule has 1 unspecified atom stereocenters. The number of aryl methyl sites for hydroxylation is 1. The molecule has 2 aromatic rings. The van der Waals surface area contributed by atoms with Crippen LogP contribution in [-0.4, -0.2) is 10.2 Å². The van der Waals surface area contributed by atoms with Gasteiger partial charge in [-0.15, -0.1) is 10.2 Å². The van der Waals surface area contributed by atoms with Crippen molar-refractivity contribution in [2.75, 3.05) is 0 Å². The number of aromatic nitrogens is 2. The Morgan fingerprint density at radius 2 is 2.06 bits per heavy atom. The van der Waals surface area contributed by atoms with E-state index in [9.17, 15) is 0 Å². The lowest BCUT2D eigenvalue weighted by atomic mass is 10.0. The van der Waals surface area contributed by atoms with Crippen molar-refractivity contribution < 1.29 is 0 Å². The molecule has 3 nitrogen and oxygen atoms in total. The van der Waals surface area contributed by atoms with Gasteiger partial charge < -0.3 is 5.73 Å². The lowest BCUT2D eigenvalue weighted by molar-refractivity contribution is 0.683. The highest BCUT2D eigenvalue weighted by atomic mass is 32.1. The lowest BCUT2D eigenvalue weighted by Gasteiger charge is -2.04. The van der Waals surface area contributed by atoms with Gasteiger partial charge in [0.2, 0.25) is 0 Å². The minimum absolute atomic E-state index is 0.00589. The average molecular weight is 247 g/mol. The predicted octanol–water partition coefficient (Wildman–Crippen LogP) is 3.23. The van der Waals surface area contributed by atoms with E-state index in [-0.39, 0.29) is 6.04 Å². The van der Waals surface area contributed by atoms with Crippen LogP contribution in [0.25, 0.3) is 10.6 Å². The molecule has 2 rings (SSSR count). The fraction of sp³-hybridized carbons (Fsp3) is 0.385. The van der Waals surface area contributed by atoms with Crippen LogP contribution in [0.2, 0.25) is 0 Å². The van der Waals surface area contributed by atoms with E-state index in [1.807, 2.05) is 0 Å². The Hall–Kier alpha value is -1.26. The first kappa shape index (κ1) is 12.2. The van der Waals surface area contributed by atoms with Gasteiger partial charge in [0.25, 0.3) is 0 Å². The summed E-state index contributed by atoms with van der Waals surface area (Å²) >= 11 is 1.59. The van der Waals surface area contributed by atoms with Crippen molar-refractivity contribution in [2.45, 2.75) is 33.2 Å². The van der Waals surface area contributed by atoms with Crippen LogP contribution in [-0.2, 0) is 0 Å². The van der Waals surface area contributed by atoms with Crippen molar-refractivity contribution >= 4 is 11.3 Å². The highest BCUT2D eigenvalue weighted by molar-refractivity contribution is 7.14. The first-order chi connectivity index (χ1) is 8.13. The van der Waals surface area contributed by atoms with Gasteiger partial charge in [-0.3, -0.25) is 0 Å². The monoisotopic (exact) mass is 247 g/mol.